The van der Waals surface area contributed by atoms with Crippen LogP contribution in [-0.4, -0.2) is 19.2 Å². The first-order chi connectivity index (χ1) is 10.3. The van der Waals surface area contributed by atoms with E-state index in [9.17, 15) is 4.79 Å². The highest BCUT2D eigenvalue weighted by Crippen LogP contribution is 2.18. The second-order valence-electron chi connectivity index (χ2n) is 4.68. The van der Waals surface area contributed by atoms with E-state index in [1.54, 1.807) is 0 Å². The number of fused-ring (bicyclic) bond motifs is 3. The molecule has 21 heavy (non-hydrogen) atoms. The van der Waals surface area contributed by atoms with Crippen LogP contribution in [0.4, 0.5) is 5.95 Å². The third kappa shape index (κ3) is 1.62. The molecule has 6 nitrogen and oxygen atoms in total. The Bertz CT molecular complexity index is 1020. The molecular formula is C15H11N5O. The zero-order chi connectivity index (χ0) is 14.4. The van der Waals surface area contributed by atoms with Crippen molar-refractivity contribution in [3.05, 3.63) is 65.1 Å². The Labute approximate surface area is 119 Å². The third-order valence-electron chi connectivity index (χ3n) is 3.39. The standard InChI is InChI=1S/C15H11N5O/c16-14-17-12-9-5-4-8-11(12)13-18-20(15(21)19(13)14)10-6-2-1-3-7-10/h1-9H,(H2,16,17). The molecule has 0 fully saturated rings. The van der Waals surface area contributed by atoms with Crippen LogP contribution in [0.2, 0.25) is 0 Å². The lowest BCUT2D eigenvalue weighted by Crippen LogP contribution is -2.21. The van der Waals surface area contributed by atoms with Gasteiger partial charge in [0.1, 0.15) is 0 Å². The van der Waals surface area contributed by atoms with Gasteiger partial charge >= 0.3 is 5.69 Å². The molecule has 0 unspecified atom stereocenters. The first kappa shape index (κ1) is 11.7. The number of rotatable bonds is 1. The molecule has 0 bridgehead atoms. The van der Waals surface area contributed by atoms with E-state index >= 15 is 0 Å². The minimum atomic E-state index is -0.327. The van der Waals surface area contributed by atoms with Gasteiger partial charge in [0.2, 0.25) is 5.95 Å². The summed E-state index contributed by atoms with van der Waals surface area (Å²) in [4.78, 5) is 16.8. The van der Waals surface area contributed by atoms with Gasteiger partial charge in [0.05, 0.1) is 11.2 Å². The lowest BCUT2D eigenvalue weighted by molar-refractivity contribution is 0.838. The predicted octanol–water partition coefficient (Wildman–Crippen LogP) is 1.62. The summed E-state index contributed by atoms with van der Waals surface area (Å²) in [6, 6.07) is 16.7. The maximum Gasteiger partial charge on any atom is 0.358 e. The van der Waals surface area contributed by atoms with E-state index in [0.717, 1.165) is 5.39 Å². The van der Waals surface area contributed by atoms with Crippen LogP contribution in [0.15, 0.2) is 59.4 Å². The average Bonchev–Trinajstić information content (AvgIpc) is 2.87. The molecule has 4 rings (SSSR count). The molecule has 2 aromatic heterocycles. The number of nitrogens with two attached hydrogens (primary N) is 1. The van der Waals surface area contributed by atoms with Crippen LogP contribution in [-0.2, 0) is 0 Å². The Morgan fingerprint density at radius 1 is 0.952 bits per heavy atom. The summed E-state index contributed by atoms with van der Waals surface area (Å²) >= 11 is 0. The number of benzene rings is 2. The molecule has 2 heterocycles. The van der Waals surface area contributed by atoms with Crippen LogP contribution in [0.25, 0.3) is 22.2 Å². The van der Waals surface area contributed by atoms with Crippen LogP contribution < -0.4 is 11.4 Å². The summed E-state index contributed by atoms with van der Waals surface area (Å²) in [6.07, 6.45) is 0. The number of anilines is 1. The average molecular weight is 277 g/mol. The molecule has 2 N–H and O–H groups in total. The highest BCUT2D eigenvalue weighted by atomic mass is 16.2. The summed E-state index contributed by atoms with van der Waals surface area (Å²) in [5.41, 5.74) is 7.50. The molecule has 2 aromatic carbocycles. The van der Waals surface area contributed by atoms with E-state index in [1.807, 2.05) is 54.6 Å². The molecule has 0 saturated heterocycles. The Hall–Kier alpha value is -3.15. The molecule has 0 radical (unpaired) electrons. The normalized spacial score (nSPS) is 11.2. The highest BCUT2D eigenvalue weighted by Gasteiger charge is 2.14. The Morgan fingerprint density at radius 3 is 2.48 bits per heavy atom. The summed E-state index contributed by atoms with van der Waals surface area (Å²) in [7, 11) is 0. The van der Waals surface area contributed by atoms with Crippen LogP contribution in [0.1, 0.15) is 0 Å². The number of aromatic nitrogens is 4. The van der Waals surface area contributed by atoms with Crippen molar-refractivity contribution in [2.75, 3.05) is 5.73 Å². The minimum absolute atomic E-state index is 0.135. The summed E-state index contributed by atoms with van der Waals surface area (Å²) in [5.74, 6) is 0.135. The second-order valence-corrected chi connectivity index (χ2v) is 4.68. The fourth-order valence-electron chi connectivity index (χ4n) is 2.42. The summed E-state index contributed by atoms with van der Waals surface area (Å²) in [6.45, 7) is 0. The van der Waals surface area contributed by atoms with Gasteiger partial charge in [-0.1, -0.05) is 30.3 Å². The molecule has 102 valence electrons. The monoisotopic (exact) mass is 277 g/mol. The van der Waals surface area contributed by atoms with Gasteiger partial charge in [-0.3, -0.25) is 0 Å². The zero-order valence-corrected chi connectivity index (χ0v) is 11.0. The molecule has 0 saturated carbocycles. The maximum absolute atomic E-state index is 12.5. The van der Waals surface area contributed by atoms with Gasteiger partial charge in [-0.2, -0.15) is 4.68 Å². The SMILES string of the molecule is Nc1nc2ccccc2c2nn(-c3ccccc3)c(=O)n12. The van der Waals surface area contributed by atoms with Crippen molar-refractivity contribution in [1.29, 1.82) is 0 Å². The van der Waals surface area contributed by atoms with Crippen molar-refractivity contribution in [3.63, 3.8) is 0 Å². The van der Waals surface area contributed by atoms with E-state index in [0.29, 0.717) is 16.9 Å². The molecule has 0 atom stereocenters. The Kier molecular flexibility index (Phi) is 2.32. The molecular weight excluding hydrogens is 266 g/mol. The van der Waals surface area contributed by atoms with E-state index < -0.39 is 0 Å². The van der Waals surface area contributed by atoms with Gasteiger partial charge < -0.3 is 5.73 Å². The van der Waals surface area contributed by atoms with Gasteiger partial charge in [-0.15, -0.1) is 5.10 Å². The van der Waals surface area contributed by atoms with Crippen LogP contribution in [0, 0.1) is 0 Å². The van der Waals surface area contributed by atoms with Gasteiger partial charge in [-0.05, 0) is 24.3 Å². The van der Waals surface area contributed by atoms with Crippen LogP contribution in [0.3, 0.4) is 0 Å². The lowest BCUT2D eigenvalue weighted by Gasteiger charge is -2.00. The molecule has 0 aliphatic carbocycles. The van der Waals surface area contributed by atoms with Crippen molar-refractivity contribution in [1.82, 2.24) is 19.2 Å². The molecule has 0 aliphatic heterocycles. The van der Waals surface area contributed by atoms with Crippen molar-refractivity contribution < 1.29 is 0 Å². The number of hydrogen-bond donors (Lipinski definition) is 1. The molecule has 0 aliphatic rings. The maximum atomic E-state index is 12.5. The van der Waals surface area contributed by atoms with E-state index in [4.69, 9.17) is 5.73 Å². The Balaban J connectivity index is 2.18. The van der Waals surface area contributed by atoms with Crippen molar-refractivity contribution >= 4 is 22.5 Å². The van der Waals surface area contributed by atoms with Crippen LogP contribution >= 0.6 is 0 Å². The Morgan fingerprint density at radius 2 is 1.67 bits per heavy atom. The van der Waals surface area contributed by atoms with E-state index in [2.05, 4.69) is 10.1 Å². The fraction of sp³-hybridized carbons (Fsp3) is 0. The van der Waals surface area contributed by atoms with Crippen molar-refractivity contribution in [3.8, 4) is 5.69 Å². The van der Waals surface area contributed by atoms with Gasteiger partial charge in [-0.25, -0.2) is 14.2 Å². The van der Waals surface area contributed by atoms with E-state index in [-0.39, 0.29) is 11.6 Å². The van der Waals surface area contributed by atoms with Crippen LogP contribution in [0.5, 0.6) is 0 Å². The molecule has 0 spiro atoms. The van der Waals surface area contributed by atoms with Gasteiger partial charge in [0.15, 0.2) is 5.65 Å². The minimum Gasteiger partial charge on any atom is -0.369 e. The molecule has 4 aromatic rings. The largest absolute Gasteiger partial charge is 0.369 e. The topological polar surface area (TPSA) is 78.2 Å². The number of hydrogen-bond acceptors (Lipinski definition) is 4. The molecule has 0 amide bonds. The fourth-order valence-corrected chi connectivity index (χ4v) is 2.42. The number of nitrogen functional groups attached to an aromatic ring is 1. The lowest BCUT2D eigenvalue weighted by atomic mass is 10.2. The zero-order valence-electron chi connectivity index (χ0n) is 11.0. The van der Waals surface area contributed by atoms with Crippen molar-refractivity contribution in [2.45, 2.75) is 0 Å². The predicted molar refractivity (Wildman–Crippen MR) is 80.5 cm³/mol. The smallest absolute Gasteiger partial charge is 0.358 e. The first-order valence-corrected chi connectivity index (χ1v) is 6.47. The highest BCUT2D eigenvalue weighted by molar-refractivity contribution is 5.92. The number of para-hydroxylation sites is 2. The summed E-state index contributed by atoms with van der Waals surface area (Å²) < 4.78 is 2.66. The third-order valence-corrected chi connectivity index (χ3v) is 3.39. The van der Waals surface area contributed by atoms with E-state index in [1.165, 1.54) is 9.08 Å². The quantitative estimate of drug-likeness (QED) is 0.573. The van der Waals surface area contributed by atoms with Gasteiger partial charge in [0.25, 0.3) is 0 Å². The first-order valence-electron chi connectivity index (χ1n) is 6.47. The molecule has 6 heteroatoms. The summed E-state index contributed by atoms with van der Waals surface area (Å²) in [5, 5.41) is 5.21. The second kappa shape index (κ2) is 4.17. The number of nitrogens with zero attached hydrogens (tertiary/aromatic N) is 4. The van der Waals surface area contributed by atoms with Crippen molar-refractivity contribution in [2.24, 2.45) is 0 Å². The van der Waals surface area contributed by atoms with Gasteiger partial charge in [0, 0.05) is 5.39 Å².